The molecule has 0 bridgehead atoms. The predicted molar refractivity (Wildman–Crippen MR) is 222 cm³/mol. The maximum atomic E-state index is 16.4. The summed E-state index contributed by atoms with van der Waals surface area (Å²) >= 11 is 0.614. The van der Waals surface area contributed by atoms with Gasteiger partial charge in [0.15, 0.2) is 36.3 Å². The highest BCUT2D eigenvalue weighted by Crippen LogP contribution is 2.65. The van der Waals surface area contributed by atoms with Gasteiger partial charge in [-0.15, -0.1) is 0 Å². The number of unbranched alkanes of at least 4 members (excludes halogenated alkanes) is 7. The molecule has 0 saturated carbocycles. The number of halogens is 2. The minimum atomic E-state index is -5.22. The van der Waals surface area contributed by atoms with Gasteiger partial charge in [0.05, 0.1) is 19.5 Å². The number of alkyl halides is 2. The lowest BCUT2D eigenvalue weighted by atomic mass is 10.1. The van der Waals surface area contributed by atoms with Crippen molar-refractivity contribution in [2.24, 2.45) is 5.73 Å². The molecule has 1 aromatic carbocycles. The molecular formula is C37H48F2N8O13P2S. The number of nitrogens with one attached hydrogen (secondary N) is 1. The molecule has 3 unspecified atom stereocenters. The van der Waals surface area contributed by atoms with E-state index in [1.165, 1.54) is 10.9 Å². The molecule has 6 heterocycles. The molecule has 344 valence electrons. The van der Waals surface area contributed by atoms with Crippen LogP contribution in [-0.2, 0) is 47.2 Å². The lowest BCUT2D eigenvalue weighted by Gasteiger charge is -2.29. The maximum absolute atomic E-state index is 16.4. The Morgan fingerprint density at radius 1 is 0.873 bits per heavy atom. The van der Waals surface area contributed by atoms with Crippen LogP contribution in [0.5, 0.6) is 5.75 Å². The number of carbonyl (C=O) groups is 1. The molecule has 7 rings (SSSR count). The Morgan fingerprint density at radius 3 is 2.19 bits per heavy atom. The van der Waals surface area contributed by atoms with Gasteiger partial charge >= 0.3 is 26.3 Å². The third kappa shape index (κ3) is 11.7. The molecule has 3 aliphatic rings. The van der Waals surface area contributed by atoms with Crippen LogP contribution in [-0.4, -0.2) is 96.5 Å². The van der Waals surface area contributed by atoms with Gasteiger partial charge in [-0.05, 0) is 48.5 Å². The molecule has 4 aromatic rings. The number of nitrogens with two attached hydrogens (primary N) is 2. The van der Waals surface area contributed by atoms with Gasteiger partial charge in [0.2, 0.25) is 0 Å². The van der Waals surface area contributed by atoms with Crippen molar-refractivity contribution in [2.75, 3.05) is 25.5 Å². The summed E-state index contributed by atoms with van der Waals surface area (Å²) in [6.07, 6.45) is -3.19. The van der Waals surface area contributed by atoms with Gasteiger partial charge in [-0.25, -0.2) is 37.7 Å². The largest absolute Gasteiger partial charge is 0.472 e. The molecule has 0 aliphatic carbocycles. The highest BCUT2D eigenvalue weighted by molar-refractivity contribution is 8.54. The second kappa shape index (κ2) is 20.9. The first-order valence-corrected chi connectivity index (χ1v) is 24.9. The number of ether oxygens (including phenoxy) is 3. The molecule has 10 atom stereocenters. The highest BCUT2D eigenvalue weighted by Gasteiger charge is 2.55. The number of esters is 1. The number of aromatic amines is 1. The molecule has 0 amide bonds. The fraction of sp³-hybridized carbons (Fsp3) is 0.568. The highest BCUT2D eigenvalue weighted by atomic mass is 32.7. The van der Waals surface area contributed by atoms with E-state index >= 15 is 8.78 Å². The number of aromatic nitrogens is 6. The van der Waals surface area contributed by atoms with Gasteiger partial charge in [0, 0.05) is 24.4 Å². The van der Waals surface area contributed by atoms with Crippen molar-refractivity contribution in [3.63, 3.8) is 0 Å². The summed E-state index contributed by atoms with van der Waals surface area (Å²) in [5, 5.41) is 0. The van der Waals surface area contributed by atoms with Crippen molar-refractivity contribution >= 4 is 49.0 Å². The summed E-state index contributed by atoms with van der Waals surface area (Å²) in [5.41, 5.74) is 10.3. The number of rotatable bonds is 16. The number of fused-ring (bicyclic) bond motifs is 3. The minimum absolute atomic E-state index is 0.00867. The Morgan fingerprint density at radius 2 is 1.51 bits per heavy atom. The van der Waals surface area contributed by atoms with Crippen LogP contribution >= 0.6 is 26.0 Å². The molecule has 3 aromatic heterocycles. The van der Waals surface area contributed by atoms with Crippen molar-refractivity contribution in [3.8, 4) is 5.75 Å². The van der Waals surface area contributed by atoms with Crippen molar-refractivity contribution < 1.29 is 59.9 Å². The second-order valence-corrected chi connectivity index (χ2v) is 20.5. The Labute approximate surface area is 362 Å². The molecule has 3 saturated heterocycles. The zero-order valence-electron chi connectivity index (χ0n) is 33.7. The SMILES string of the molecule is NCCCCCCCCCCC(=O)Oc1ccc(CSP2(=O)OC[C@H]3O[C@@H](n4cnc5c(N)ncnc54)[C@H](F)[C@@H]3OP(=O)(O)OC[C@H]3O[C@@H](n4ccc(=O)[nH]c4=O)C(F)[C@@H]3O2)cc1. The fourth-order valence-electron chi connectivity index (χ4n) is 7.27. The monoisotopic (exact) mass is 944 g/mol. The van der Waals surface area contributed by atoms with Gasteiger partial charge in [0.25, 0.3) is 5.56 Å². The maximum Gasteiger partial charge on any atom is 0.472 e. The lowest BCUT2D eigenvalue weighted by molar-refractivity contribution is -0.134. The molecule has 26 heteroatoms. The number of carbonyl (C=O) groups excluding carboxylic acids is 1. The fourth-order valence-corrected chi connectivity index (χ4v) is 11.6. The van der Waals surface area contributed by atoms with E-state index in [4.69, 9.17) is 43.8 Å². The number of nitrogens with zero attached hydrogens (tertiary/aromatic N) is 5. The molecule has 63 heavy (non-hydrogen) atoms. The van der Waals surface area contributed by atoms with Crippen LogP contribution in [0.3, 0.4) is 0 Å². The summed E-state index contributed by atoms with van der Waals surface area (Å²) in [6, 6.07) is 7.27. The summed E-state index contributed by atoms with van der Waals surface area (Å²) in [4.78, 5) is 61.8. The molecule has 3 aliphatic heterocycles. The third-order valence-corrected chi connectivity index (χ3v) is 15.1. The minimum Gasteiger partial charge on any atom is -0.427 e. The quantitative estimate of drug-likeness (QED) is 0.0509. The van der Waals surface area contributed by atoms with Gasteiger partial charge in [-0.3, -0.25) is 41.8 Å². The number of anilines is 1. The Hall–Kier alpha value is -3.93. The molecular weight excluding hydrogens is 896 g/mol. The average molecular weight is 945 g/mol. The van der Waals surface area contributed by atoms with Crippen LogP contribution in [0, 0.1) is 0 Å². The first-order chi connectivity index (χ1) is 30.2. The first-order valence-electron chi connectivity index (χ1n) is 20.3. The number of phosphoric acid groups is 1. The van der Waals surface area contributed by atoms with E-state index in [1.807, 2.05) is 4.98 Å². The normalized spacial score (nSPS) is 30.0. The van der Waals surface area contributed by atoms with Gasteiger partial charge in [-0.2, -0.15) is 0 Å². The Kier molecular flexibility index (Phi) is 15.6. The van der Waals surface area contributed by atoms with Crippen LogP contribution in [0.2, 0.25) is 0 Å². The van der Waals surface area contributed by atoms with Crippen LogP contribution in [0.4, 0.5) is 14.6 Å². The standard InChI is InChI=1S/C37H48F2N8O13P2S/c38-28-31-25(58-36(28)47-21-44-30-33(41)42-20-43-34(30)47)18-55-62(53,63-19-22-10-12-23(13-11-22)56-27(49)9-7-5-3-1-2-4-6-8-15-40)60-32-24(17-54-61(51,52)59-31)57-35(29(32)39)46-16-14-26(48)45-37(46)50/h10-14,16,20-21,24-25,28-29,31-32,35-36H,1-9,15,17-19,40H2,(H,51,52)(H2,41,42,43)(H,45,48,50)/t24-,25-,28-,29?,31-,32-,35-,36-,62?/m1/s1. The van der Waals surface area contributed by atoms with Crippen molar-refractivity contribution in [1.82, 2.24) is 29.1 Å². The van der Waals surface area contributed by atoms with Gasteiger partial charge in [-0.1, -0.05) is 50.7 Å². The summed E-state index contributed by atoms with van der Waals surface area (Å²) in [7, 11) is -5.22. The topological polar surface area (TPSA) is 287 Å². The van der Waals surface area contributed by atoms with Crippen LogP contribution in [0.15, 0.2) is 58.8 Å². The molecule has 0 spiro atoms. The lowest BCUT2D eigenvalue weighted by Crippen LogP contribution is -2.38. The number of H-pyrrole nitrogens is 1. The van der Waals surface area contributed by atoms with Gasteiger partial charge in [0.1, 0.15) is 42.0 Å². The molecule has 3 fully saturated rings. The predicted octanol–water partition coefficient (Wildman–Crippen LogP) is 4.76. The molecule has 21 nitrogen and oxygen atoms in total. The zero-order chi connectivity index (χ0) is 44.7. The van der Waals surface area contributed by atoms with Gasteiger partial charge < -0.3 is 30.6 Å². The number of benzene rings is 1. The van der Waals surface area contributed by atoms with Crippen LogP contribution in [0.1, 0.15) is 75.8 Å². The number of phosphoric ester groups is 1. The summed E-state index contributed by atoms with van der Waals surface area (Å²) in [5.74, 6) is -0.189. The van der Waals surface area contributed by atoms with E-state index in [2.05, 4.69) is 15.0 Å². The number of nitrogen functional groups attached to an aromatic ring is 1. The second-order valence-electron chi connectivity index (χ2n) is 15.0. The van der Waals surface area contributed by atoms with Crippen LogP contribution < -0.4 is 27.5 Å². The average Bonchev–Trinajstić information content (AvgIpc) is 3.91. The van der Waals surface area contributed by atoms with Crippen molar-refractivity contribution in [3.05, 3.63) is 75.6 Å². The van der Waals surface area contributed by atoms with Crippen molar-refractivity contribution in [2.45, 2.75) is 113 Å². The van der Waals surface area contributed by atoms with E-state index in [-0.39, 0.29) is 40.9 Å². The zero-order valence-corrected chi connectivity index (χ0v) is 36.3. The number of hydrogen-bond acceptors (Lipinski definition) is 18. The van der Waals surface area contributed by atoms with Crippen LogP contribution in [0.25, 0.3) is 11.2 Å². The third-order valence-electron chi connectivity index (χ3n) is 10.5. The molecule has 0 radical (unpaired) electrons. The van der Waals surface area contributed by atoms with E-state index in [0.717, 1.165) is 63.5 Å². The van der Waals surface area contributed by atoms with E-state index in [1.54, 1.807) is 24.3 Å². The smallest absolute Gasteiger partial charge is 0.427 e. The van der Waals surface area contributed by atoms with E-state index in [0.29, 0.717) is 34.5 Å². The van der Waals surface area contributed by atoms with Crippen molar-refractivity contribution in [1.29, 1.82) is 0 Å². The van der Waals surface area contributed by atoms with E-state index < -0.39 is 88.3 Å². The Balaban J connectivity index is 1.07. The number of hydrogen-bond donors (Lipinski definition) is 4. The first kappa shape index (κ1) is 47.0. The van der Waals surface area contributed by atoms with E-state index in [9.17, 15) is 28.4 Å². The Bertz CT molecular complexity index is 2410. The number of imidazole rings is 1. The summed E-state index contributed by atoms with van der Waals surface area (Å²) < 4.78 is 102. The summed E-state index contributed by atoms with van der Waals surface area (Å²) in [6.45, 7) is -5.64. The molecule has 6 N–H and O–H groups in total.